The van der Waals surface area contributed by atoms with E-state index in [1.807, 2.05) is 30.3 Å². The molecule has 0 fully saturated rings. The zero-order chi connectivity index (χ0) is 20.4. The third-order valence-electron chi connectivity index (χ3n) is 5.18. The van der Waals surface area contributed by atoms with Gasteiger partial charge in [-0.15, -0.1) is 11.3 Å². The van der Waals surface area contributed by atoms with Gasteiger partial charge < -0.3 is 14.5 Å². The Morgan fingerprint density at radius 3 is 2.86 bits per heavy atom. The van der Waals surface area contributed by atoms with Crippen molar-refractivity contribution in [3.8, 4) is 5.75 Å². The predicted octanol–water partition coefficient (Wildman–Crippen LogP) is 2.57. The van der Waals surface area contributed by atoms with Crippen LogP contribution in [0, 0.1) is 0 Å². The highest BCUT2D eigenvalue weighted by Gasteiger charge is 2.35. The Labute approximate surface area is 172 Å². The highest BCUT2D eigenvalue weighted by atomic mass is 32.1. The van der Waals surface area contributed by atoms with Gasteiger partial charge in [0.15, 0.2) is 0 Å². The number of methoxy groups -OCH3 is 1. The molecule has 7 nitrogen and oxygen atoms in total. The number of carbonyl (C=O) groups is 1. The molecule has 0 spiro atoms. The van der Waals surface area contributed by atoms with Crippen LogP contribution in [-0.2, 0) is 28.9 Å². The average molecular weight is 413 g/mol. The standard InChI is InChI=1S/C21H23N3O4S/c1-21(20(26)27-2,12-28-13-7-4-3-5-8-13)22-11-16-23-18(25)17-14-9-6-10-15(14)29-19(17)24-16/h3-5,7-8,22H,6,9-12H2,1-2H3,(H,23,24,25). The van der Waals surface area contributed by atoms with Crippen LogP contribution in [0.2, 0.25) is 0 Å². The highest BCUT2D eigenvalue weighted by molar-refractivity contribution is 7.18. The summed E-state index contributed by atoms with van der Waals surface area (Å²) in [7, 11) is 1.34. The van der Waals surface area contributed by atoms with Crippen LogP contribution < -0.4 is 15.6 Å². The minimum atomic E-state index is -1.10. The van der Waals surface area contributed by atoms with E-state index in [0.29, 0.717) is 11.6 Å². The Hall–Kier alpha value is -2.71. The van der Waals surface area contributed by atoms with Crippen molar-refractivity contribution in [1.82, 2.24) is 15.3 Å². The van der Waals surface area contributed by atoms with Crippen LogP contribution in [0.4, 0.5) is 0 Å². The van der Waals surface area contributed by atoms with E-state index in [2.05, 4.69) is 15.3 Å². The molecule has 2 heterocycles. The number of ether oxygens (including phenoxy) is 2. The first-order valence-electron chi connectivity index (χ1n) is 9.55. The number of rotatable bonds is 7. The molecule has 1 atom stereocenters. The van der Waals surface area contributed by atoms with E-state index in [1.54, 1.807) is 18.3 Å². The SMILES string of the molecule is COC(=O)C(C)(COc1ccccc1)NCc1nc2sc3c(c2c(=O)[nH]1)CCC3. The smallest absolute Gasteiger partial charge is 0.329 e. The second-order valence-electron chi connectivity index (χ2n) is 7.33. The van der Waals surface area contributed by atoms with Crippen molar-refractivity contribution in [3.05, 3.63) is 57.0 Å². The Morgan fingerprint density at radius 2 is 2.10 bits per heavy atom. The molecule has 0 radical (unpaired) electrons. The Balaban J connectivity index is 1.52. The minimum absolute atomic E-state index is 0.0729. The van der Waals surface area contributed by atoms with Crippen LogP contribution in [0.5, 0.6) is 5.75 Å². The molecule has 29 heavy (non-hydrogen) atoms. The fourth-order valence-corrected chi connectivity index (χ4v) is 4.84. The zero-order valence-electron chi connectivity index (χ0n) is 16.4. The van der Waals surface area contributed by atoms with Gasteiger partial charge in [-0.2, -0.15) is 0 Å². The number of aryl methyl sites for hydroxylation is 2. The van der Waals surface area contributed by atoms with Gasteiger partial charge in [0.1, 0.15) is 28.6 Å². The molecule has 4 rings (SSSR count). The number of thiophene rings is 1. The van der Waals surface area contributed by atoms with Crippen LogP contribution in [0.1, 0.15) is 29.6 Å². The molecular formula is C21H23N3O4S. The molecule has 1 unspecified atom stereocenters. The maximum atomic E-state index is 12.6. The predicted molar refractivity (Wildman–Crippen MR) is 111 cm³/mol. The number of H-pyrrole nitrogens is 1. The number of nitrogens with one attached hydrogen (secondary N) is 2. The number of esters is 1. The molecular weight excluding hydrogens is 390 g/mol. The van der Waals surface area contributed by atoms with E-state index in [1.165, 1.54) is 12.0 Å². The summed E-state index contributed by atoms with van der Waals surface area (Å²) in [4.78, 5) is 34.5. The topological polar surface area (TPSA) is 93.3 Å². The van der Waals surface area contributed by atoms with Crippen molar-refractivity contribution < 1.29 is 14.3 Å². The summed E-state index contributed by atoms with van der Waals surface area (Å²) in [6.07, 6.45) is 3.05. The maximum absolute atomic E-state index is 12.6. The fourth-order valence-electron chi connectivity index (χ4n) is 3.56. The van der Waals surface area contributed by atoms with Crippen molar-refractivity contribution in [2.24, 2.45) is 0 Å². The molecule has 0 amide bonds. The molecule has 0 saturated carbocycles. The summed E-state index contributed by atoms with van der Waals surface area (Å²) >= 11 is 1.59. The molecule has 2 aromatic heterocycles. The quantitative estimate of drug-likeness (QED) is 0.579. The summed E-state index contributed by atoms with van der Waals surface area (Å²) in [6.45, 7) is 1.99. The zero-order valence-corrected chi connectivity index (χ0v) is 17.2. The Kier molecular flexibility index (Phi) is 5.38. The number of carbonyl (C=O) groups excluding carboxylic acids is 1. The van der Waals surface area contributed by atoms with E-state index in [0.717, 1.165) is 35.0 Å². The summed E-state index contributed by atoms with van der Waals surface area (Å²) in [5.41, 5.74) is -0.0737. The number of hydrogen-bond acceptors (Lipinski definition) is 7. The van der Waals surface area contributed by atoms with Crippen molar-refractivity contribution in [2.75, 3.05) is 13.7 Å². The number of fused-ring (bicyclic) bond motifs is 3. The monoisotopic (exact) mass is 413 g/mol. The first-order chi connectivity index (χ1) is 14.0. The Morgan fingerprint density at radius 1 is 1.31 bits per heavy atom. The van der Waals surface area contributed by atoms with Gasteiger partial charge in [0.05, 0.1) is 19.0 Å². The lowest BCUT2D eigenvalue weighted by Gasteiger charge is -2.27. The van der Waals surface area contributed by atoms with Crippen LogP contribution in [-0.4, -0.2) is 35.2 Å². The van der Waals surface area contributed by atoms with Crippen LogP contribution in [0.3, 0.4) is 0 Å². The number of hydrogen-bond donors (Lipinski definition) is 2. The molecule has 3 aromatic rings. The molecule has 152 valence electrons. The molecule has 8 heteroatoms. The lowest BCUT2D eigenvalue weighted by molar-refractivity contribution is -0.149. The third kappa shape index (κ3) is 3.90. The number of aromatic nitrogens is 2. The van der Waals surface area contributed by atoms with Crippen LogP contribution in [0.15, 0.2) is 35.1 Å². The van der Waals surface area contributed by atoms with E-state index in [-0.39, 0.29) is 18.7 Å². The maximum Gasteiger partial charge on any atom is 0.329 e. The Bertz CT molecular complexity index is 1090. The lowest BCUT2D eigenvalue weighted by atomic mass is 10.0. The third-order valence-corrected chi connectivity index (χ3v) is 6.36. The number of nitrogens with zero attached hydrogens (tertiary/aromatic N) is 1. The lowest BCUT2D eigenvalue weighted by Crippen LogP contribution is -2.54. The molecule has 2 N–H and O–H groups in total. The fraction of sp³-hybridized carbons (Fsp3) is 0.381. The molecule has 0 bridgehead atoms. The van der Waals surface area contributed by atoms with E-state index >= 15 is 0 Å². The van der Waals surface area contributed by atoms with E-state index in [4.69, 9.17) is 9.47 Å². The van der Waals surface area contributed by atoms with Gasteiger partial charge in [0, 0.05) is 4.88 Å². The van der Waals surface area contributed by atoms with E-state index < -0.39 is 11.5 Å². The second-order valence-corrected chi connectivity index (χ2v) is 8.41. The van der Waals surface area contributed by atoms with Gasteiger partial charge in [-0.3, -0.25) is 10.1 Å². The van der Waals surface area contributed by atoms with Crippen molar-refractivity contribution in [3.63, 3.8) is 0 Å². The summed E-state index contributed by atoms with van der Waals surface area (Å²) in [5, 5.41) is 3.86. The number of aromatic amines is 1. The van der Waals surface area contributed by atoms with Gasteiger partial charge in [-0.1, -0.05) is 18.2 Å². The van der Waals surface area contributed by atoms with Crippen molar-refractivity contribution >= 4 is 27.5 Å². The molecule has 1 aromatic carbocycles. The molecule has 0 aliphatic heterocycles. The highest BCUT2D eigenvalue weighted by Crippen LogP contribution is 2.34. The molecule has 0 saturated heterocycles. The summed E-state index contributed by atoms with van der Waals surface area (Å²) < 4.78 is 10.7. The minimum Gasteiger partial charge on any atom is -0.491 e. The van der Waals surface area contributed by atoms with Crippen molar-refractivity contribution in [2.45, 2.75) is 38.3 Å². The average Bonchev–Trinajstić information content (AvgIpc) is 3.32. The van der Waals surface area contributed by atoms with Gasteiger partial charge in [-0.05, 0) is 43.9 Å². The largest absolute Gasteiger partial charge is 0.491 e. The second kappa shape index (κ2) is 7.96. The van der Waals surface area contributed by atoms with Gasteiger partial charge in [0.2, 0.25) is 0 Å². The van der Waals surface area contributed by atoms with Crippen LogP contribution >= 0.6 is 11.3 Å². The van der Waals surface area contributed by atoms with Crippen LogP contribution in [0.25, 0.3) is 10.2 Å². The van der Waals surface area contributed by atoms with E-state index in [9.17, 15) is 9.59 Å². The van der Waals surface area contributed by atoms with Gasteiger partial charge >= 0.3 is 5.97 Å². The molecule has 1 aliphatic rings. The normalized spacial score (nSPS) is 15.1. The van der Waals surface area contributed by atoms with Crippen molar-refractivity contribution in [1.29, 1.82) is 0 Å². The van der Waals surface area contributed by atoms with Gasteiger partial charge in [0.25, 0.3) is 5.56 Å². The number of para-hydroxylation sites is 1. The number of benzene rings is 1. The van der Waals surface area contributed by atoms with Gasteiger partial charge in [-0.25, -0.2) is 9.78 Å². The molecule has 1 aliphatic carbocycles. The summed E-state index contributed by atoms with van der Waals surface area (Å²) in [6, 6.07) is 9.26. The first-order valence-corrected chi connectivity index (χ1v) is 10.4. The first kappa shape index (κ1) is 19.6. The summed E-state index contributed by atoms with van der Waals surface area (Å²) in [5.74, 6) is 0.690.